The fourth-order valence-electron chi connectivity index (χ4n) is 0.298. The van der Waals surface area contributed by atoms with Gasteiger partial charge in [-0.05, 0) is 0 Å². The van der Waals surface area contributed by atoms with Crippen molar-refractivity contribution in [1.29, 1.82) is 0 Å². The van der Waals surface area contributed by atoms with Gasteiger partial charge in [-0.25, -0.2) is 0 Å². The zero-order valence-corrected chi connectivity index (χ0v) is 7.12. The molecule has 0 amide bonds. The first-order valence-electron chi connectivity index (χ1n) is 2.76. The number of rotatable bonds is 3. The SMILES string of the molecule is C=C.NC(CS(=O)(=O)O)C(=O)O. The number of carboxylic acid groups (broad SMARTS) is 1. The van der Waals surface area contributed by atoms with E-state index in [2.05, 4.69) is 13.2 Å². The smallest absolute Gasteiger partial charge is 0.321 e. The number of carbonyl (C=O) groups is 1. The van der Waals surface area contributed by atoms with Crippen molar-refractivity contribution < 1.29 is 22.9 Å². The van der Waals surface area contributed by atoms with E-state index in [1.165, 1.54) is 0 Å². The Morgan fingerprint density at radius 3 is 1.92 bits per heavy atom. The summed E-state index contributed by atoms with van der Waals surface area (Å²) in [5.74, 6) is -2.42. The maximum absolute atomic E-state index is 9.96. The summed E-state index contributed by atoms with van der Waals surface area (Å²) in [6, 6.07) is -1.56. The molecule has 0 bridgehead atoms. The molecule has 0 radical (unpaired) electrons. The third-order valence-corrected chi connectivity index (χ3v) is 1.49. The highest BCUT2D eigenvalue weighted by molar-refractivity contribution is 7.85. The van der Waals surface area contributed by atoms with E-state index in [4.69, 9.17) is 15.4 Å². The first kappa shape index (κ1) is 13.7. The molecule has 1 atom stereocenters. The maximum atomic E-state index is 9.96. The van der Waals surface area contributed by atoms with Crippen LogP contribution in [0.15, 0.2) is 13.2 Å². The van der Waals surface area contributed by atoms with Gasteiger partial charge < -0.3 is 10.8 Å². The third kappa shape index (κ3) is 9.08. The summed E-state index contributed by atoms with van der Waals surface area (Å²) in [7, 11) is -4.27. The van der Waals surface area contributed by atoms with E-state index in [0.29, 0.717) is 0 Å². The molecule has 0 spiro atoms. The van der Waals surface area contributed by atoms with Gasteiger partial charge in [0.05, 0.1) is 0 Å². The Morgan fingerprint density at radius 2 is 1.83 bits per heavy atom. The van der Waals surface area contributed by atoms with Gasteiger partial charge in [-0.1, -0.05) is 0 Å². The van der Waals surface area contributed by atoms with E-state index in [-0.39, 0.29) is 0 Å². The summed E-state index contributed by atoms with van der Waals surface area (Å²) >= 11 is 0. The highest BCUT2D eigenvalue weighted by atomic mass is 32.2. The van der Waals surface area contributed by atoms with Crippen LogP contribution in [0.3, 0.4) is 0 Å². The van der Waals surface area contributed by atoms with Gasteiger partial charge in [0.25, 0.3) is 10.1 Å². The van der Waals surface area contributed by atoms with Gasteiger partial charge in [0, 0.05) is 0 Å². The van der Waals surface area contributed by atoms with Crippen LogP contribution in [-0.2, 0) is 14.9 Å². The Balaban J connectivity index is 0. The number of hydrogen-bond donors (Lipinski definition) is 3. The average Bonchev–Trinajstić information content (AvgIpc) is 1.88. The quantitative estimate of drug-likeness (QED) is 0.398. The second-order valence-corrected chi connectivity index (χ2v) is 3.19. The highest BCUT2D eigenvalue weighted by Crippen LogP contribution is 1.86. The molecule has 0 aliphatic rings. The Labute approximate surface area is 70.4 Å². The van der Waals surface area contributed by atoms with Crippen molar-refractivity contribution in [2.75, 3.05) is 5.75 Å². The van der Waals surface area contributed by atoms with Crippen LogP contribution in [0, 0.1) is 0 Å². The zero-order chi connectivity index (χ0) is 10.4. The first-order valence-corrected chi connectivity index (χ1v) is 4.37. The van der Waals surface area contributed by atoms with Crippen molar-refractivity contribution in [3.63, 3.8) is 0 Å². The fourth-order valence-corrected chi connectivity index (χ4v) is 0.895. The van der Waals surface area contributed by atoms with Gasteiger partial charge in [0.1, 0.15) is 11.8 Å². The molecule has 4 N–H and O–H groups in total. The molecular formula is C5H11NO5S. The molecule has 0 aliphatic heterocycles. The molecular weight excluding hydrogens is 186 g/mol. The van der Waals surface area contributed by atoms with E-state index in [0.717, 1.165) is 0 Å². The van der Waals surface area contributed by atoms with E-state index in [1.807, 2.05) is 0 Å². The lowest BCUT2D eigenvalue weighted by Crippen LogP contribution is -2.36. The first-order chi connectivity index (χ1) is 5.33. The molecule has 0 aromatic rings. The summed E-state index contributed by atoms with van der Waals surface area (Å²) in [6.07, 6.45) is 0. The lowest BCUT2D eigenvalue weighted by molar-refractivity contribution is -0.138. The van der Waals surface area contributed by atoms with Crippen molar-refractivity contribution in [3.8, 4) is 0 Å². The molecule has 12 heavy (non-hydrogen) atoms. The van der Waals surface area contributed by atoms with Gasteiger partial charge in [-0.3, -0.25) is 9.35 Å². The molecule has 72 valence electrons. The molecule has 0 saturated heterocycles. The molecule has 0 aromatic carbocycles. The van der Waals surface area contributed by atoms with Crippen LogP contribution in [0.1, 0.15) is 0 Å². The van der Waals surface area contributed by atoms with Crippen LogP contribution in [0.4, 0.5) is 0 Å². The van der Waals surface area contributed by atoms with Gasteiger partial charge in [0.2, 0.25) is 0 Å². The summed E-state index contributed by atoms with van der Waals surface area (Å²) in [4.78, 5) is 9.88. The molecule has 6 nitrogen and oxygen atoms in total. The molecule has 7 heteroatoms. The number of aliphatic carboxylic acids is 1. The Kier molecular flexibility index (Phi) is 6.48. The monoisotopic (exact) mass is 197 g/mol. The average molecular weight is 197 g/mol. The number of carboxylic acids is 1. The summed E-state index contributed by atoms with van der Waals surface area (Å²) in [5.41, 5.74) is 4.76. The lowest BCUT2D eigenvalue weighted by atomic mass is 10.4. The van der Waals surface area contributed by atoms with Crippen molar-refractivity contribution in [3.05, 3.63) is 13.2 Å². The van der Waals surface area contributed by atoms with Crippen LogP contribution in [0.2, 0.25) is 0 Å². The largest absolute Gasteiger partial charge is 0.480 e. The van der Waals surface area contributed by atoms with Crippen LogP contribution in [0.25, 0.3) is 0 Å². The van der Waals surface area contributed by atoms with Crippen molar-refractivity contribution in [1.82, 2.24) is 0 Å². The molecule has 0 saturated carbocycles. The Morgan fingerprint density at radius 1 is 1.50 bits per heavy atom. The summed E-state index contributed by atoms with van der Waals surface area (Å²) in [6.45, 7) is 6.00. The van der Waals surface area contributed by atoms with E-state index in [1.54, 1.807) is 0 Å². The maximum Gasteiger partial charge on any atom is 0.321 e. The molecule has 0 heterocycles. The van der Waals surface area contributed by atoms with Crippen LogP contribution < -0.4 is 5.73 Å². The van der Waals surface area contributed by atoms with Gasteiger partial charge in [0.15, 0.2) is 0 Å². The predicted molar refractivity (Wildman–Crippen MR) is 43.3 cm³/mol. The Hall–Kier alpha value is -0.920. The molecule has 0 fully saturated rings. The van der Waals surface area contributed by atoms with E-state index >= 15 is 0 Å². The Bertz CT molecular complexity index is 234. The fraction of sp³-hybridized carbons (Fsp3) is 0.400. The minimum Gasteiger partial charge on any atom is -0.480 e. The van der Waals surface area contributed by atoms with Gasteiger partial charge in [-0.2, -0.15) is 8.42 Å². The topological polar surface area (TPSA) is 118 Å². The number of nitrogens with two attached hydrogens (primary N) is 1. The minimum atomic E-state index is -4.27. The third-order valence-electron chi connectivity index (χ3n) is 0.707. The van der Waals surface area contributed by atoms with Crippen LogP contribution >= 0.6 is 0 Å². The van der Waals surface area contributed by atoms with E-state index < -0.39 is 27.9 Å². The molecule has 0 rings (SSSR count). The van der Waals surface area contributed by atoms with Crippen molar-refractivity contribution in [2.45, 2.75) is 6.04 Å². The second-order valence-electron chi connectivity index (χ2n) is 1.69. The molecule has 1 unspecified atom stereocenters. The van der Waals surface area contributed by atoms with Crippen molar-refractivity contribution >= 4 is 16.1 Å². The van der Waals surface area contributed by atoms with Gasteiger partial charge in [-0.15, -0.1) is 13.2 Å². The normalized spacial score (nSPS) is 12.5. The second kappa shape index (κ2) is 5.70. The van der Waals surface area contributed by atoms with Gasteiger partial charge >= 0.3 is 5.97 Å². The molecule has 0 aromatic heterocycles. The lowest BCUT2D eigenvalue weighted by Gasteiger charge is -2.01. The predicted octanol–water partition coefficient (Wildman–Crippen LogP) is -0.912. The summed E-state index contributed by atoms with van der Waals surface area (Å²) in [5, 5.41) is 8.04. The van der Waals surface area contributed by atoms with Crippen LogP contribution in [0.5, 0.6) is 0 Å². The minimum absolute atomic E-state index is 0.956. The number of hydrogen-bond acceptors (Lipinski definition) is 4. The van der Waals surface area contributed by atoms with Crippen molar-refractivity contribution in [2.24, 2.45) is 5.73 Å². The van der Waals surface area contributed by atoms with E-state index in [9.17, 15) is 13.2 Å². The standard InChI is InChI=1S/C3H7NO5S.C2H4/c4-2(3(5)6)1-10(7,8)9;1-2/h2H,1,4H2,(H,5,6)(H,7,8,9);1-2H2. The molecule has 0 aliphatic carbocycles. The summed E-state index contributed by atoms with van der Waals surface area (Å²) < 4.78 is 28.0. The highest BCUT2D eigenvalue weighted by Gasteiger charge is 2.18. The zero-order valence-electron chi connectivity index (χ0n) is 6.30. The van der Waals surface area contributed by atoms with Crippen LogP contribution in [-0.4, -0.2) is 35.8 Å².